The Labute approximate surface area is 115 Å². The molecule has 0 radical (unpaired) electrons. The summed E-state index contributed by atoms with van der Waals surface area (Å²) in [6, 6.07) is 1.47. The molecule has 1 aromatic rings. The van der Waals surface area contributed by atoms with Gasteiger partial charge in [-0.1, -0.05) is 0 Å². The summed E-state index contributed by atoms with van der Waals surface area (Å²) in [6.45, 7) is 1.38. The zero-order valence-corrected chi connectivity index (χ0v) is 10.9. The molecule has 2 heterocycles. The average Bonchev–Trinajstić information content (AvgIpc) is 2.45. The van der Waals surface area contributed by atoms with Crippen LogP contribution in [0.1, 0.15) is 12.1 Å². The van der Waals surface area contributed by atoms with Gasteiger partial charge in [0.2, 0.25) is 0 Å². The molecule has 108 valence electrons. The number of nitrogens with one attached hydrogen (secondary N) is 1. The number of aromatic nitrogens is 2. The maximum absolute atomic E-state index is 12.0. The van der Waals surface area contributed by atoms with Gasteiger partial charge in [0, 0.05) is 19.3 Å². The fourth-order valence-electron chi connectivity index (χ4n) is 1.92. The Morgan fingerprint density at radius 2 is 2.40 bits per heavy atom. The molecule has 0 aliphatic carbocycles. The quantitative estimate of drug-likeness (QED) is 0.795. The molecule has 0 spiro atoms. The highest BCUT2D eigenvalue weighted by Gasteiger charge is 2.25. The van der Waals surface area contributed by atoms with Crippen molar-refractivity contribution in [3.63, 3.8) is 0 Å². The summed E-state index contributed by atoms with van der Waals surface area (Å²) >= 11 is 0. The van der Waals surface area contributed by atoms with E-state index in [1.807, 2.05) is 0 Å². The van der Waals surface area contributed by atoms with Gasteiger partial charge in [-0.05, 0) is 6.07 Å². The number of amides is 2. The van der Waals surface area contributed by atoms with Crippen LogP contribution in [0.15, 0.2) is 18.6 Å². The molecule has 1 aromatic heterocycles. The molecule has 1 aliphatic heterocycles. The number of hydrogen-bond acceptors (Lipinski definition) is 5. The molecule has 2 amide bonds. The molecule has 0 saturated carbocycles. The van der Waals surface area contributed by atoms with Crippen molar-refractivity contribution in [1.82, 2.24) is 20.2 Å². The van der Waals surface area contributed by atoms with Gasteiger partial charge >= 0.3 is 12.0 Å². The molecule has 1 saturated heterocycles. The lowest BCUT2D eigenvalue weighted by atomic mass is 10.2. The summed E-state index contributed by atoms with van der Waals surface area (Å²) in [5, 5.41) is 11.5. The van der Waals surface area contributed by atoms with Crippen LogP contribution >= 0.6 is 0 Å². The van der Waals surface area contributed by atoms with Crippen LogP contribution in [0.5, 0.6) is 0 Å². The highest BCUT2D eigenvalue weighted by molar-refractivity contribution is 5.74. The molecule has 1 fully saturated rings. The van der Waals surface area contributed by atoms with Crippen LogP contribution in [-0.2, 0) is 16.1 Å². The predicted molar refractivity (Wildman–Crippen MR) is 67.8 cm³/mol. The van der Waals surface area contributed by atoms with E-state index in [0.717, 1.165) is 0 Å². The van der Waals surface area contributed by atoms with Crippen LogP contribution in [0.2, 0.25) is 0 Å². The first-order valence-electron chi connectivity index (χ1n) is 6.26. The molecule has 2 N–H and O–H groups in total. The van der Waals surface area contributed by atoms with Crippen molar-refractivity contribution in [2.45, 2.75) is 19.1 Å². The summed E-state index contributed by atoms with van der Waals surface area (Å²) in [4.78, 5) is 32.0. The van der Waals surface area contributed by atoms with Gasteiger partial charge in [0.15, 0.2) is 0 Å². The monoisotopic (exact) mass is 280 g/mol. The van der Waals surface area contributed by atoms with Gasteiger partial charge in [-0.25, -0.2) is 14.8 Å². The molecule has 8 heteroatoms. The van der Waals surface area contributed by atoms with Gasteiger partial charge in [0.05, 0.1) is 31.4 Å². The number of carbonyl (C=O) groups is 2. The number of hydrogen-bond donors (Lipinski definition) is 2. The van der Waals surface area contributed by atoms with Crippen LogP contribution in [0.25, 0.3) is 0 Å². The number of rotatable bonds is 4. The minimum absolute atomic E-state index is 0.101. The lowest BCUT2D eigenvalue weighted by Gasteiger charge is -2.32. The van der Waals surface area contributed by atoms with Crippen molar-refractivity contribution in [1.29, 1.82) is 0 Å². The number of urea groups is 1. The van der Waals surface area contributed by atoms with E-state index in [-0.39, 0.29) is 19.0 Å². The molecule has 0 aromatic carbocycles. The van der Waals surface area contributed by atoms with Crippen LogP contribution in [0.3, 0.4) is 0 Å². The van der Waals surface area contributed by atoms with Gasteiger partial charge in [-0.2, -0.15) is 0 Å². The summed E-state index contributed by atoms with van der Waals surface area (Å²) in [5.41, 5.74) is 0.712. The summed E-state index contributed by atoms with van der Waals surface area (Å²) in [7, 11) is 0. The van der Waals surface area contributed by atoms with Crippen LogP contribution in [0, 0.1) is 0 Å². The third kappa shape index (κ3) is 4.16. The van der Waals surface area contributed by atoms with Gasteiger partial charge in [0.1, 0.15) is 6.33 Å². The lowest BCUT2D eigenvalue weighted by molar-refractivity contribution is -0.141. The van der Waals surface area contributed by atoms with E-state index in [1.54, 1.807) is 17.2 Å². The maximum Gasteiger partial charge on any atom is 0.317 e. The fourth-order valence-corrected chi connectivity index (χ4v) is 1.92. The highest BCUT2D eigenvalue weighted by Crippen LogP contribution is 2.09. The van der Waals surface area contributed by atoms with Gasteiger partial charge in [-0.15, -0.1) is 0 Å². The zero-order chi connectivity index (χ0) is 14.4. The number of carboxylic acid groups (broad SMARTS) is 1. The number of morpholine rings is 1. The second-order valence-electron chi connectivity index (χ2n) is 4.40. The van der Waals surface area contributed by atoms with Crippen LogP contribution < -0.4 is 5.32 Å². The third-order valence-corrected chi connectivity index (χ3v) is 2.89. The van der Waals surface area contributed by atoms with Gasteiger partial charge < -0.3 is 20.1 Å². The number of ether oxygens (including phenoxy) is 1. The minimum Gasteiger partial charge on any atom is -0.481 e. The Morgan fingerprint density at radius 1 is 1.55 bits per heavy atom. The Balaban J connectivity index is 1.81. The van der Waals surface area contributed by atoms with Gasteiger partial charge in [0.25, 0.3) is 0 Å². The Hall–Kier alpha value is -2.22. The molecule has 1 unspecified atom stereocenters. The largest absolute Gasteiger partial charge is 0.481 e. The molecule has 1 aliphatic rings. The molecule has 2 rings (SSSR count). The van der Waals surface area contributed by atoms with E-state index < -0.39 is 12.1 Å². The Kier molecular flexibility index (Phi) is 4.83. The van der Waals surface area contributed by atoms with E-state index in [2.05, 4.69) is 15.3 Å². The van der Waals surface area contributed by atoms with Crippen molar-refractivity contribution in [2.24, 2.45) is 0 Å². The predicted octanol–water partition coefficient (Wildman–Crippen LogP) is -0.138. The first kappa shape index (κ1) is 14.2. The fraction of sp³-hybridized carbons (Fsp3) is 0.500. The summed E-state index contributed by atoms with van der Waals surface area (Å²) < 4.78 is 5.31. The number of carbonyl (C=O) groups excluding carboxylic acids is 1. The highest BCUT2D eigenvalue weighted by atomic mass is 16.5. The van der Waals surface area contributed by atoms with E-state index in [4.69, 9.17) is 9.84 Å². The van der Waals surface area contributed by atoms with Crippen molar-refractivity contribution in [3.8, 4) is 0 Å². The van der Waals surface area contributed by atoms with E-state index in [1.165, 1.54) is 6.33 Å². The normalized spacial score (nSPS) is 18.6. The number of aliphatic carboxylic acids is 1. The topological polar surface area (TPSA) is 105 Å². The average molecular weight is 280 g/mol. The third-order valence-electron chi connectivity index (χ3n) is 2.89. The standard InChI is InChI=1S/C12H16N4O4/c17-11(18)5-10-7-16(3-4-20-10)12(19)14-6-9-1-2-13-8-15-9/h1-2,8,10H,3-7H2,(H,14,19)(H,17,18). The smallest absolute Gasteiger partial charge is 0.317 e. The second kappa shape index (κ2) is 6.80. The number of nitrogens with zero attached hydrogens (tertiary/aromatic N) is 3. The molecule has 0 bridgehead atoms. The molecular weight excluding hydrogens is 264 g/mol. The molecule has 20 heavy (non-hydrogen) atoms. The maximum atomic E-state index is 12.0. The minimum atomic E-state index is -0.932. The molecular formula is C12H16N4O4. The molecule has 1 atom stereocenters. The van der Waals surface area contributed by atoms with Crippen LogP contribution in [-0.4, -0.2) is 57.8 Å². The summed E-state index contributed by atoms with van der Waals surface area (Å²) in [5.74, 6) is -0.932. The Bertz CT molecular complexity index is 468. The molecule has 8 nitrogen and oxygen atoms in total. The van der Waals surface area contributed by atoms with E-state index in [0.29, 0.717) is 25.4 Å². The SMILES string of the molecule is O=C(O)CC1CN(C(=O)NCc2ccncn2)CCO1. The lowest BCUT2D eigenvalue weighted by Crippen LogP contribution is -2.49. The van der Waals surface area contributed by atoms with Crippen molar-refractivity contribution < 1.29 is 19.4 Å². The van der Waals surface area contributed by atoms with Crippen molar-refractivity contribution >= 4 is 12.0 Å². The zero-order valence-electron chi connectivity index (χ0n) is 10.9. The Morgan fingerprint density at radius 3 is 3.10 bits per heavy atom. The van der Waals surface area contributed by atoms with E-state index in [9.17, 15) is 9.59 Å². The number of carboxylic acids is 1. The van der Waals surface area contributed by atoms with E-state index >= 15 is 0 Å². The second-order valence-corrected chi connectivity index (χ2v) is 4.40. The van der Waals surface area contributed by atoms with Crippen molar-refractivity contribution in [3.05, 3.63) is 24.3 Å². The first-order chi connectivity index (χ1) is 9.65. The summed E-state index contributed by atoms with van der Waals surface area (Å²) in [6.07, 6.45) is 2.46. The van der Waals surface area contributed by atoms with Crippen molar-refractivity contribution in [2.75, 3.05) is 19.7 Å². The van der Waals surface area contributed by atoms with Crippen LogP contribution in [0.4, 0.5) is 4.79 Å². The van der Waals surface area contributed by atoms with Gasteiger partial charge in [-0.3, -0.25) is 4.79 Å². The first-order valence-corrected chi connectivity index (χ1v) is 6.26.